The van der Waals surface area contributed by atoms with Crippen LogP contribution in [-0.4, -0.2) is 50.1 Å². The van der Waals surface area contributed by atoms with Crippen molar-refractivity contribution < 1.29 is 4.79 Å². The van der Waals surface area contributed by atoms with Gasteiger partial charge in [0.1, 0.15) is 6.33 Å². The quantitative estimate of drug-likeness (QED) is 0.803. The van der Waals surface area contributed by atoms with E-state index in [2.05, 4.69) is 29.4 Å². The number of hydrogen-bond donors (Lipinski definition) is 1. The highest BCUT2D eigenvalue weighted by Gasteiger charge is 2.34. The van der Waals surface area contributed by atoms with E-state index in [4.69, 9.17) is 5.73 Å². The zero-order valence-corrected chi connectivity index (χ0v) is 11.6. The Morgan fingerprint density at radius 1 is 1.47 bits per heavy atom. The van der Waals surface area contributed by atoms with Gasteiger partial charge in [-0.1, -0.05) is 13.8 Å². The lowest BCUT2D eigenvalue weighted by Crippen LogP contribution is -2.33. The van der Waals surface area contributed by atoms with Crippen LogP contribution in [0.4, 0.5) is 0 Å². The first-order valence-corrected chi connectivity index (χ1v) is 6.82. The van der Waals surface area contributed by atoms with Crippen LogP contribution in [-0.2, 0) is 11.3 Å². The van der Waals surface area contributed by atoms with Crippen molar-refractivity contribution >= 4 is 5.91 Å². The van der Waals surface area contributed by atoms with Crippen molar-refractivity contribution in [1.29, 1.82) is 0 Å². The predicted octanol–water partition coefficient (Wildman–Crippen LogP) is -0.105. The molecular weight excluding hydrogens is 244 g/mol. The summed E-state index contributed by atoms with van der Waals surface area (Å²) in [7, 11) is 0. The number of aryl methyl sites for hydroxylation is 1. The lowest BCUT2D eigenvalue weighted by atomic mass is 9.92. The molecule has 2 heterocycles. The normalized spacial score (nSPS) is 23.3. The summed E-state index contributed by atoms with van der Waals surface area (Å²) in [5, 5.41) is 10.9. The Bertz CT molecular complexity index is 404. The summed E-state index contributed by atoms with van der Waals surface area (Å²) < 4.78 is 1.64. The van der Waals surface area contributed by atoms with Gasteiger partial charge in [0, 0.05) is 32.1 Å². The summed E-state index contributed by atoms with van der Waals surface area (Å²) in [6.45, 7) is 6.48. The lowest BCUT2D eigenvalue weighted by molar-refractivity contribution is -0.130. The Morgan fingerprint density at radius 3 is 2.84 bits per heavy atom. The van der Waals surface area contributed by atoms with Crippen molar-refractivity contribution in [3.05, 3.63) is 6.33 Å². The van der Waals surface area contributed by atoms with E-state index in [0.29, 0.717) is 31.3 Å². The number of aromatic nitrogens is 4. The summed E-state index contributed by atoms with van der Waals surface area (Å²) in [6, 6.07) is 0.114. The van der Waals surface area contributed by atoms with Crippen LogP contribution in [0.3, 0.4) is 0 Å². The first kappa shape index (κ1) is 13.9. The van der Waals surface area contributed by atoms with Crippen LogP contribution in [0, 0.1) is 11.8 Å². The van der Waals surface area contributed by atoms with Gasteiger partial charge in [0.25, 0.3) is 0 Å². The molecule has 1 aromatic heterocycles. The number of amides is 1. The fraction of sp³-hybridized carbons (Fsp3) is 0.833. The number of nitrogens with zero attached hydrogens (tertiary/aromatic N) is 5. The average molecular weight is 266 g/mol. The third-order valence-electron chi connectivity index (χ3n) is 3.79. The molecule has 1 aliphatic heterocycles. The van der Waals surface area contributed by atoms with Crippen LogP contribution >= 0.6 is 0 Å². The molecule has 19 heavy (non-hydrogen) atoms. The molecule has 0 spiro atoms. The Labute approximate surface area is 113 Å². The van der Waals surface area contributed by atoms with Crippen LogP contribution in [0.1, 0.15) is 26.7 Å². The molecule has 0 saturated carbocycles. The maximum Gasteiger partial charge on any atom is 0.222 e. The number of tetrazole rings is 1. The smallest absolute Gasteiger partial charge is 0.222 e. The van der Waals surface area contributed by atoms with Crippen molar-refractivity contribution in [2.45, 2.75) is 39.3 Å². The molecular formula is C12H22N6O. The fourth-order valence-corrected chi connectivity index (χ4v) is 2.60. The first-order valence-electron chi connectivity index (χ1n) is 6.82. The van der Waals surface area contributed by atoms with Gasteiger partial charge in [-0.25, -0.2) is 4.68 Å². The first-order chi connectivity index (χ1) is 9.08. The monoisotopic (exact) mass is 266 g/mol. The van der Waals surface area contributed by atoms with Crippen molar-refractivity contribution in [3.8, 4) is 0 Å². The van der Waals surface area contributed by atoms with Gasteiger partial charge >= 0.3 is 0 Å². The summed E-state index contributed by atoms with van der Waals surface area (Å²) in [5.74, 6) is 1.13. The van der Waals surface area contributed by atoms with Crippen molar-refractivity contribution in [2.75, 3.05) is 13.1 Å². The van der Waals surface area contributed by atoms with E-state index >= 15 is 0 Å². The molecule has 1 aromatic rings. The number of nitrogens with two attached hydrogens (primary N) is 1. The molecule has 7 nitrogen and oxygen atoms in total. The molecule has 0 bridgehead atoms. The molecule has 2 N–H and O–H groups in total. The molecule has 106 valence electrons. The van der Waals surface area contributed by atoms with Crippen LogP contribution in [0.2, 0.25) is 0 Å². The van der Waals surface area contributed by atoms with Crippen LogP contribution in [0.5, 0.6) is 0 Å². The zero-order valence-electron chi connectivity index (χ0n) is 11.6. The van der Waals surface area contributed by atoms with E-state index in [9.17, 15) is 4.79 Å². The Kier molecular flexibility index (Phi) is 4.47. The zero-order chi connectivity index (χ0) is 13.8. The largest absolute Gasteiger partial charge is 0.341 e. The standard InChI is InChI=1S/C12H22N6O/c1-9(2)10-6-17(7-11(10)13)12(19)4-3-5-18-8-14-15-16-18/h8-11H,3-7,13H2,1-2H3/t10-,11+/m1/s1. The van der Waals surface area contributed by atoms with Crippen molar-refractivity contribution in [2.24, 2.45) is 17.6 Å². The van der Waals surface area contributed by atoms with E-state index in [-0.39, 0.29) is 11.9 Å². The minimum atomic E-state index is 0.114. The highest BCUT2D eigenvalue weighted by atomic mass is 16.2. The summed E-state index contributed by atoms with van der Waals surface area (Å²) in [4.78, 5) is 14.0. The van der Waals surface area contributed by atoms with E-state index in [1.165, 1.54) is 0 Å². The van der Waals surface area contributed by atoms with Gasteiger partial charge in [0.2, 0.25) is 5.91 Å². The molecule has 2 atom stereocenters. The van der Waals surface area contributed by atoms with Crippen LogP contribution in [0.25, 0.3) is 0 Å². The molecule has 0 aliphatic carbocycles. The van der Waals surface area contributed by atoms with E-state index < -0.39 is 0 Å². The number of carbonyl (C=O) groups excluding carboxylic acids is 1. The minimum Gasteiger partial charge on any atom is -0.341 e. The molecule has 0 aromatic carbocycles. The highest BCUT2D eigenvalue weighted by molar-refractivity contribution is 5.76. The van der Waals surface area contributed by atoms with Crippen LogP contribution < -0.4 is 5.73 Å². The fourth-order valence-electron chi connectivity index (χ4n) is 2.60. The van der Waals surface area contributed by atoms with Gasteiger partial charge in [0.05, 0.1) is 0 Å². The second-order valence-corrected chi connectivity index (χ2v) is 5.55. The minimum absolute atomic E-state index is 0.114. The molecule has 2 rings (SSSR count). The molecule has 1 saturated heterocycles. The third-order valence-corrected chi connectivity index (χ3v) is 3.79. The second-order valence-electron chi connectivity index (χ2n) is 5.55. The molecule has 1 amide bonds. The number of likely N-dealkylation sites (tertiary alicyclic amines) is 1. The van der Waals surface area contributed by atoms with Gasteiger partial charge in [-0.2, -0.15) is 0 Å². The highest BCUT2D eigenvalue weighted by Crippen LogP contribution is 2.23. The van der Waals surface area contributed by atoms with Gasteiger partial charge < -0.3 is 10.6 Å². The maximum absolute atomic E-state index is 12.1. The predicted molar refractivity (Wildman–Crippen MR) is 69.9 cm³/mol. The SMILES string of the molecule is CC(C)[C@H]1CN(C(=O)CCCn2cnnn2)C[C@@H]1N. The van der Waals surface area contributed by atoms with E-state index in [1.54, 1.807) is 11.0 Å². The topological polar surface area (TPSA) is 89.9 Å². The van der Waals surface area contributed by atoms with Gasteiger partial charge in [-0.05, 0) is 28.7 Å². The maximum atomic E-state index is 12.1. The lowest BCUT2D eigenvalue weighted by Gasteiger charge is -2.18. The van der Waals surface area contributed by atoms with Crippen LogP contribution in [0.15, 0.2) is 6.33 Å². The second kappa shape index (κ2) is 6.10. The third kappa shape index (κ3) is 3.50. The van der Waals surface area contributed by atoms with Gasteiger partial charge in [-0.15, -0.1) is 5.10 Å². The number of rotatable bonds is 5. The van der Waals surface area contributed by atoms with E-state index in [0.717, 1.165) is 13.0 Å². The Morgan fingerprint density at radius 2 is 2.26 bits per heavy atom. The summed E-state index contributed by atoms with van der Waals surface area (Å²) >= 11 is 0. The molecule has 1 fully saturated rings. The summed E-state index contributed by atoms with van der Waals surface area (Å²) in [5.41, 5.74) is 6.09. The molecule has 1 aliphatic rings. The van der Waals surface area contributed by atoms with Gasteiger partial charge in [0.15, 0.2) is 0 Å². The van der Waals surface area contributed by atoms with Gasteiger partial charge in [-0.3, -0.25) is 4.79 Å². The number of carbonyl (C=O) groups is 1. The molecule has 0 unspecified atom stereocenters. The average Bonchev–Trinajstić information content (AvgIpc) is 2.98. The van der Waals surface area contributed by atoms with Crippen molar-refractivity contribution in [3.63, 3.8) is 0 Å². The Balaban J connectivity index is 1.75. The molecule has 7 heteroatoms. The Hall–Kier alpha value is -1.50. The number of hydrogen-bond acceptors (Lipinski definition) is 5. The molecule has 0 radical (unpaired) electrons. The van der Waals surface area contributed by atoms with E-state index in [1.807, 2.05) is 4.90 Å². The van der Waals surface area contributed by atoms with Crippen molar-refractivity contribution in [1.82, 2.24) is 25.1 Å². The summed E-state index contributed by atoms with van der Waals surface area (Å²) in [6.07, 6.45) is 2.84.